The Balaban J connectivity index is 2.05. The number of thioether (sulfide) groups is 1. The molecule has 5 nitrogen and oxygen atoms in total. The average molecular weight is 407 g/mol. The normalized spacial score (nSPS) is 12.8. The van der Waals surface area contributed by atoms with E-state index in [0.29, 0.717) is 0 Å². The van der Waals surface area contributed by atoms with Crippen molar-refractivity contribution in [1.29, 1.82) is 0 Å². The van der Waals surface area contributed by atoms with Crippen LogP contribution in [0.1, 0.15) is 29.7 Å². The van der Waals surface area contributed by atoms with Gasteiger partial charge in [-0.05, 0) is 62.4 Å². The number of amides is 1. The van der Waals surface area contributed by atoms with Gasteiger partial charge in [0.1, 0.15) is 0 Å². The molecular formula is C20H26N2O3S2. The molecule has 0 aliphatic carbocycles. The summed E-state index contributed by atoms with van der Waals surface area (Å²) in [5, 5.41) is 2.88. The van der Waals surface area contributed by atoms with Crippen molar-refractivity contribution in [3.63, 3.8) is 0 Å². The number of carbonyl (C=O) groups excluding carboxylic acids is 1. The number of nitrogens with zero attached hydrogens (tertiary/aromatic N) is 1. The first-order valence-corrected chi connectivity index (χ1v) is 11.3. The van der Waals surface area contributed by atoms with Gasteiger partial charge in [0.05, 0.1) is 17.5 Å². The summed E-state index contributed by atoms with van der Waals surface area (Å²) in [6.07, 6.45) is 1.93. The van der Waals surface area contributed by atoms with Crippen LogP contribution in [0.25, 0.3) is 0 Å². The van der Waals surface area contributed by atoms with Gasteiger partial charge in [0.15, 0.2) is 0 Å². The largest absolute Gasteiger partial charge is 0.348 e. The molecule has 0 bridgehead atoms. The van der Waals surface area contributed by atoms with Crippen LogP contribution in [0.5, 0.6) is 0 Å². The Kier molecular flexibility index (Phi) is 7.08. The minimum absolute atomic E-state index is 0.179. The molecule has 0 aliphatic heterocycles. The number of sulfonamides is 1. The topological polar surface area (TPSA) is 66.5 Å². The zero-order valence-corrected chi connectivity index (χ0v) is 17.9. The fourth-order valence-electron chi connectivity index (χ4n) is 2.89. The molecule has 0 saturated carbocycles. The summed E-state index contributed by atoms with van der Waals surface area (Å²) in [6.45, 7) is 5.68. The Morgan fingerprint density at radius 3 is 2.33 bits per heavy atom. The van der Waals surface area contributed by atoms with E-state index < -0.39 is 10.0 Å². The molecule has 0 fully saturated rings. The van der Waals surface area contributed by atoms with Crippen LogP contribution in [0.3, 0.4) is 0 Å². The maximum Gasteiger partial charge on any atom is 0.243 e. The number of hydrogen-bond donors (Lipinski definition) is 1. The van der Waals surface area contributed by atoms with Crippen LogP contribution in [-0.2, 0) is 14.8 Å². The Morgan fingerprint density at radius 1 is 1.15 bits per heavy atom. The third kappa shape index (κ3) is 5.34. The summed E-state index contributed by atoms with van der Waals surface area (Å²) in [6, 6.07) is 12.5. The summed E-state index contributed by atoms with van der Waals surface area (Å²) in [5.74, 6) is -0.339. The molecule has 146 valence electrons. The number of carbonyl (C=O) groups is 1. The summed E-state index contributed by atoms with van der Waals surface area (Å²) in [5.41, 5.74) is 3.28. The van der Waals surface area contributed by atoms with Crippen LogP contribution in [0.2, 0.25) is 0 Å². The average Bonchev–Trinajstić information content (AvgIpc) is 2.61. The molecule has 0 spiro atoms. The number of rotatable bonds is 7. The van der Waals surface area contributed by atoms with Crippen LogP contribution in [0.4, 0.5) is 0 Å². The smallest absolute Gasteiger partial charge is 0.243 e. The lowest BCUT2D eigenvalue weighted by Crippen LogP contribution is -2.39. The van der Waals surface area contributed by atoms with Gasteiger partial charge in [0.2, 0.25) is 15.9 Å². The monoisotopic (exact) mass is 406 g/mol. The lowest BCUT2D eigenvalue weighted by atomic mass is 10.0. The quantitative estimate of drug-likeness (QED) is 0.715. The first-order valence-electron chi connectivity index (χ1n) is 8.62. The van der Waals surface area contributed by atoms with E-state index in [9.17, 15) is 13.2 Å². The highest BCUT2D eigenvalue weighted by atomic mass is 32.2. The number of benzene rings is 2. The van der Waals surface area contributed by atoms with E-state index in [-0.39, 0.29) is 23.4 Å². The minimum atomic E-state index is -3.71. The van der Waals surface area contributed by atoms with Crippen molar-refractivity contribution in [1.82, 2.24) is 9.62 Å². The maximum absolute atomic E-state index is 12.7. The van der Waals surface area contributed by atoms with Crippen LogP contribution in [-0.4, -0.2) is 38.5 Å². The fourth-order valence-corrected chi connectivity index (χ4v) is 4.43. The van der Waals surface area contributed by atoms with Crippen LogP contribution in [0.15, 0.2) is 52.3 Å². The second-order valence-electron chi connectivity index (χ2n) is 6.59. The van der Waals surface area contributed by atoms with E-state index in [1.165, 1.54) is 7.05 Å². The van der Waals surface area contributed by atoms with Crippen molar-refractivity contribution in [3.8, 4) is 0 Å². The van der Waals surface area contributed by atoms with Crippen molar-refractivity contribution in [2.45, 2.75) is 36.6 Å². The van der Waals surface area contributed by atoms with Crippen molar-refractivity contribution in [2.24, 2.45) is 0 Å². The zero-order chi connectivity index (χ0) is 20.2. The van der Waals surface area contributed by atoms with Crippen LogP contribution in [0, 0.1) is 13.8 Å². The number of hydrogen-bond acceptors (Lipinski definition) is 4. The predicted molar refractivity (Wildman–Crippen MR) is 111 cm³/mol. The molecule has 1 atom stereocenters. The Hall–Kier alpha value is -1.83. The highest BCUT2D eigenvalue weighted by Crippen LogP contribution is 2.21. The first kappa shape index (κ1) is 21.5. The van der Waals surface area contributed by atoms with Crippen molar-refractivity contribution < 1.29 is 13.2 Å². The third-order valence-corrected chi connectivity index (χ3v) is 6.96. The van der Waals surface area contributed by atoms with E-state index in [1.54, 1.807) is 36.0 Å². The van der Waals surface area contributed by atoms with Crippen molar-refractivity contribution in [2.75, 3.05) is 19.8 Å². The predicted octanol–water partition coefficient (Wildman–Crippen LogP) is 3.52. The van der Waals surface area contributed by atoms with Gasteiger partial charge in [0, 0.05) is 11.9 Å². The molecule has 1 unspecified atom stereocenters. The lowest BCUT2D eigenvalue weighted by molar-refractivity contribution is -0.121. The van der Waals surface area contributed by atoms with E-state index in [0.717, 1.165) is 25.9 Å². The number of nitrogens with one attached hydrogen (secondary N) is 1. The van der Waals surface area contributed by atoms with Gasteiger partial charge in [-0.2, -0.15) is 4.31 Å². The summed E-state index contributed by atoms with van der Waals surface area (Å²) >= 11 is 1.54. The van der Waals surface area contributed by atoms with Gasteiger partial charge < -0.3 is 5.32 Å². The molecular weight excluding hydrogens is 380 g/mol. The molecule has 0 radical (unpaired) electrons. The van der Waals surface area contributed by atoms with E-state index in [4.69, 9.17) is 0 Å². The lowest BCUT2D eigenvalue weighted by Gasteiger charge is -2.20. The molecule has 0 heterocycles. The molecule has 7 heteroatoms. The number of likely N-dealkylation sites (N-methyl/N-ethyl adjacent to an activating group) is 1. The number of aryl methyl sites for hydroxylation is 2. The maximum atomic E-state index is 12.7. The van der Waals surface area contributed by atoms with Gasteiger partial charge in [-0.3, -0.25) is 4.79 Å². The van der Waals surface area contributed by atoms with Gasteiger partial charge in [-0.25, -0.2) is 8.42 Å². The molecule has 2 aromatic carbocycles. The summed E-state index contributed by atoms with van der Waals surface area (Å²) in [7, 11) is -2.29. The highest BCUT2D eigenvalue weighted by molar-refractivity contribution is 7.98. The molecule has 1 amide bonds. The summed E-state index contributed by atoms with van der Waals surface area (Å²) < 4.78 is 26.4. The Labute approximate surface area is 166 Å². The fraction of sp³-hybridized carbons (Fsp3) is 0.350. The zero-order valence-electron chi connectivity index (χ0n) is 16.3. The van der Waals surface area contributed by atoms with Gasteiger partial charge in [-0.15, -0.1) is 11.8 Å². The third-order valence-electron chi connectivity index (χ3n) is 4.40. The van der Waals surface area contributed by atoms with Crippen LogP contribution >= 0.6 is 11.8 Å². The first-order chi connectivity index (χ1) is 12.6. The molecule has 1 N–H and O–H groups in total. The van der Waals surface area contributed by atoms with Gasteiger partial charge in [0.25, 0.3) is 0 Å². The van der Waals surface area contributed by atoms with Gasteiger partial charge >= 0.3 is 0 Å². The summed E-state index contributed by atoms with van der Waals surface area (Å²) in [4.78, 5) is 13.5. The molecule has 0 saturated heterocycles. The Morgan fingerprint density at radius 2 is 1.78 bits per heavy atom. The molecule has 2 rings (SSSR count). The second kappa shape index (κ2) is 8.91. The molecule has 27 heavy (non-hydrogen) atoms. The standard InChI is InChI=1S/C20H26N2O3S2/c1-14-6-11-19(15(2)12-14)16(3)21-20(23)13-22(4)27(24,25)18-9-7-17(26-5)8-10-18/h6-12,16H,13H2,1-5H3,(H,21,23). The molecule has 0 aromatic heterocycles. The molecule has 2 aromatic rings. The SMILES string of the molecule is CSc1ccc(S(=O)(=O)N(C)CC(=O)NC(C)c2ccc(C)cc2C)cc1. The van der Waals surface area contributed by atoms with Crippen LogP contribution < -0.4 is 5.32 Å². The van der Waals surface area contributed by atoms with E-state index >= 15 is 0 Å². The van der Waals surface area contributed by atoms with Gasteiger partial charge in [-0.1, -0.05) is 23.8 Å². The second-order valence-corrected chi connectivity index (χ2v) is 9.51. The van der Waals surface area contributed by atoms with Crippen molar-refractivity contribution in [3.05, 3.63) is 59.2 Å². The Bertz CT molecular complexity index is 909. The highest BCUT2D eigenvalue weighted by Gasteiger charge is 2.23. The van der Waals surface area contributed by atoms with E-state index in [1.807, 2.05) is 39.2 Å². The van der Waals surface area contributed by atoms with Crippen molar-refractivity contribution >= 4 is 27.7 Å². The van der Waals surface area contributed by atoms with E-state index in [2.05, 4.69) is 11.4 Å². The minimum Gasteiger partial charge on any atom is -0.348 e. The molecule has 0 aliphatic rings.